The fourth-order valence-corrected chi connectivity index (χ4v) is 3.01. The Bertz CT molecular complexity index is 1170. The average molecular weight is 403 g/mol. The highest BCUT2D eigenvalue weighted by atomic mass is 16.7. The highest BCUT2D eigenvalue weighted by molar-refractivity contribution is 6.19. The predicted octanol–water partition coefficient (Wildman–Crippen LogP) is 3.67. The molecule has 2 heterocycles. The minimum absolute atomic E-state index is 0.125. The summed E-state index contributed by atoms with van der Waals surface area (Å²) in [7, 11) is 0. The first-order chi connectivity index (χ1) is 14.3. The second-order valence-corrected chi connectivity index (χ2v) is 7.05. The lowest BCUT2D eigenvalue weighted by molar-refractivity contribution is -0.222. The van der Waals surface area contributed by atoms with E-state index < -0.39 is 23.7 Å². The molecule has 1 saturated heterocycles. The number of carbonyl (C=O) groups excluding carboxylic acids is 3. The molecule has 0 aliphatic carbocycles. The number of carbonyl (C=O) groups is 3. The van der Waals surface area contributed by atoms with Crippen LogP contribution in [0.1, 0.15) is 29.8 Å². The Hall–Kier alpha value is -4.00. The zero-order valence-corrected chi connectivity index (χ0v) is 16.2. The first kappa shape index (κ1) is 19.3. The Morgan fingerprint density at radius 2 is 1.67 bits per heavy atom. The molecule has 0 radical (unpaired) electrons. The van der Waals surface area contributed by atoms with Gasteiger partial charge in [0.15, 0.2) is 5.75 Å². The molecule has 1 aliphatic rings. The standard InChI is InChI=1S/C23H17NO6/c1-23(2)29-21(26)17(22(27)30-23)13-16-11-10-14-9-6-12-24-18(14)19(16)28-20(25)15-7-4-3-5-8-15/h3-13H,1-2H3. The van der Waals surface area contributed by atoms with Gasteiger partial charge in [-0.3, -0.25) is 4.98 Å². The summed E-state index contributed by atoms with van der Waals surface area (Å²) < 4.78 is 15.9. The Kier molecular flexibility index (Phi) is 4.79. The lowest BCUT2D eigenvalue weighted by Crippen LogP contribution is -2.41. The van der Waals surface area contributed by atoms with Gasteiger partial charge in [-0.1, -0.05) is 36.4 Å². The summed E-state index contributed by atoms with van der Waals surface area (Å²) in [6, 6.07) is 15.4. The lowest BCUT2D eigenvalue weighted by Gasteiger charge is -2.29. The number of fused-ring (bicyclic) bond motifs is 1. The molecule has 0 amide bonds. The summed E-state index contributed by atoms with van der Waals surface area (Å²) in [6.45, 7) is 2.93. The van der Waals surface area contributed by atoms with E-state index in [1.54, 1.807) is 54.7 Å². The van der Waals surface area contributed by atoms with Crippen LogP contribution in [0, 0.1) is 0 Å². The van der Waals surface area contributed by atoms with Gasteiger partial charge < -0.3 is 14.2 Å². The van der Waals surface area contributed by atoms with E-state index in [0.717, 1.165) is 5.39 Å². The molecule has 0 bridgehead atoms. The predicted molar refractivity (Wildman–Crippen MR) is 107 cm³/mol. The largest absolute Gasteiger partial charge is 0.420 e. The van der Waals surface area contributed by atoms with Crippen molar-refractivity contribution in [1.29, 1.82) is 0 Å². The molecule has 0 unspecified atom stereocenters. The molecular formula is C23H17NO6. The van der Waals surface area contributed by atoms with Crippen molar-refractivity contribution >= 4 is 34.9 Å². The van der Waals surface area contributed by atoms with Crippen molar-refractivity contribution in [3.05, 3.63) is 77.5 Å². The molecule has 1 aliphatic heterocycles. The molecule has 2 aromatic carbocycles. The summed E-state index contributed by atoms with van der Waals surface area (Å²) in [5.41, 5.74) is 0.770. The summed E-state index contributed by atoms with van der Waals surface area (Å²) in [5.74, 6) is -3.46. The maximum Gasteiger partial charge on any atom is 0.348 e. The summed E-state index contributed by atoms with van der Waals surface area (Å²) in [6.07, 6.45) is 2.84. The number of pyridine rings is 1. The van der Waals surface area contributed by atoms with E-state index >= 15 is 0 Å². The van der Waals surface area contributed by atoms with Gasteiger partial charge in [0.2, 0.25) is 0 Å². The molecule has 4 rings (SSSR count). The van der Waals surface area contributed by atoms with Crippen molar-refractivity contribution in [2.75, 3.05) is 0 Å². The normalized spacial score (nSPS) is 15.3. The van der Waals surface area contributed by atoms with Gasteiger partial charge in [0, 0.05) is 31.0 Å². The van der Waals surface area contributed by atoms with Crippen molar-refractivity contribution in [2.24, 2.45) is 0 Å². The average Bonchev–Trinajstić information content (AvgIpc) is 2.71. The lowest BCUT2D eigenvalue weighted by atomic mass is 10.1. The Morgan fingerprint density at radius 3 is 2.37 bits per heavy atom. The zero-order valence-electron chi connectivity index (χ0n) is 16.2. The second-order valence-electron chi connectivity index (χ2n) is 7.05. The quantitative estimate of drug-likeness (QED) is 0.285. The first-order valence-corrected chi connectivity index (χ1v) is 9.17. The Morgan fingerprint density at radius 1 is 0.967 bits per heavy atom. The second kappa shape index (κ2) is 7.44. The summed E-state index contributed by atoms with van der Waals surface area (Å²) in [4.78, 5) is 41.6. The molecule has 7 nitrogen and oxygen atoms in total. The summed E-state index contributed by atoms with van der Waals surface area (Å²) >= 11 is 0. The van der Waals surface area contributed by atoms with E-state index in [9.17, 15) is 14.4 Å². The van der Waals surface area contributed by atoms with Gasteiger partial charge in [-0.05, 0) is 24.3 Å². The minimum atomic E-state index is -1.35. The maximum atomic E-state index is 12.7. The van der Waals surface area contributed by atoms with Crippen LogP contribution in [0.25, 0.3) is 17.0 Å². The number of rotatable bonds is 3. The molecular weight excluding hydrogens is 386 g/mol. The van der Waals surface area contributed by atoms with E-state index in [0.29, 0.717) is 16.6 Å². The molecule has 0 spiro atoms. The number of ether oxygens (including phenoxy) is 3. The Labute approximate surface area is 171 Å². The van der Waals surface area contributed by atoms with Gasteiger partial charge in [-0.2, -0.15) is 0 Å². The van der Waals surface area contributed by atoms with Crippen LogP contribution in [-0.4, -0.2) is 28.7 Å². The molecule has 0 N–H and O–H groups in total. The van der Waals surface area contributed by atoms with Crippen molar-refractivity contribution in [2.45, 2.75) is 19.6 Å². The third kappa shape index (κ3) is 3.77. The third-order valence-corrected chi connectivity index (χ3v) is 4.38. The van der Waals surface area contributed by atoms with E-state index in [-0.39, 0.29) is 11.3 Å². The van der Waals surface area contributed by atoms with E-state index in [1.165, 1.54) is 19.9 Å². The Balaban J connectivity index is 1.81. The monoisotopic (exact) mass is 403 g/mol. The van der Waals surface area contributed by atoms with E-state index in [4.69, 9.17) is 14.2 Å². The molecule has 7 heteroatoms. The molecule has 30 heavy (non-hydrogen) atoms. The smallest absolute Gasteiger partial charge is 0.348 e. The molecule has 3 aromatic rings. The third-order valence-electron chi connectivity index (χ3n) is 4.38. The minimum Gasteiger partial charge on any atom is -0.420 e. The van der Waals surface area contributed by atoms with Gasteiger partial charge >= 0.3 is 17.9 Å². The molecule has 1 aromatic heterocycles. The molecule has 150 valence electrons. The van der Waals surface area contributed by atoms with Crippen molar-refractivity contribution in [1.82, 2.24) is 4.98 Å². The van der Waals surface area contributed by atoms with Crippen molar-refractivity contribution < 1.29 is 28.6 Å². The topological polar surface area (TPSA) is 91.8 Å². The van der Waals surface area contributed by atoms with Crippen LogP contribution in [0.5, 0.6) is 5.75 Å². The zero-order chi connectivity index (χ0) is 21.3. The fraction of sp³-hybridized carbons (Fsp3) is 0.130. The highest BCUT2D eigenvalue weighted by Gasteiger charge is 2.39. The van der Waals surface area contributed by atoms with Gasteiger partial charge in [0.25, 0.3) is 5.79 Å². The number of nitrogens with zero attached hydrogens (tertiary/aromatic N) is 1. The van der Waals surface area contributed by atoms with Crippen LogP contribution in [0.3, 0.4) is 0 Å². The SMILES string of the molecule is CC1(C)OC(=O)C(=Cc2ccc3cccnc3c2OC(=O)c2ccccc2)C(=O)O1. The first-order valence-electron chi connectivity index (χ1n) is 9.17. The molecule has 0 atom stereocenters. The van der Waals surface area contributed by atoms with Gasteiger partial charge in [-0.15, -0.1) is 0 Å². The number of aromatic nitrogens is 1. The highest BCUT2D eigenvalue weighted by Crippen LogP contribution is 2.32. The summed E-state index contributed by atoms with van der Waals surface area (Å²) in [5, 5.41) is 0.727. The van der Waals surface area contributed by atoms with E-state index in [2.05, 4.69) is 4.98 Å². The van der Waals surface area contributed by atoms with Gasteiger partial charge in [0.05, 0.1) is 5.56 Å². The maximum absolute atomic E-state index is 12.7. The van der Waals surface area contributed by atoms with Gasteiger partial charge in [0.1, 0.15) is 11.1 Å². The molecule has 0 saturated carbocycles. The van der Waals surface area contributed by atoms with Crippen LogP contribution in [0.15, 0.2) is 66.4 Å². The van der Waals surface area contributed by atoms with Crippen LogP contribution in [0.2, 0.25) is 0 Å². The van der Waals surface area contributed by atoms with Crippen LogP contribution in [0.4, 0.5) is 0 Å². The number of benzene rings is 2. The van der Waals surface area contributed by atoms with Crippen molar-refractivity contribution in [3.63, 3.8) is 0 Å². The molecule has 1 fully saturated rings. The van der Waals surface area contributed by atoms with E-state index in [1.807, 2.05) is 6.07 Å². The van der Waals surface area contributed by atoms with Crippen LogP contribution < -0.4 is 4.74 Å². The van der Waals surface area contributed by atoms with Crippen LogP contribution >= 0.6 is 0 Å². The fourth-order valence-electron chi connectivity index (χ4n) is 3.01. The van der Waals surface area contributed by atoms with Gasteiger partial charge in [-0.25, -0.2) is 14.4 Å². The van der Waals surface area contributed by atoms with Crippen molar-refractivity contribution in [3.8, 4) is 5.75 Å². The van der Waals surface area contributed by atoms with Crippen LogP contribution in [-0.2, 0) is 19.1 Å². The number of cyclic esters (lactones) is 2. The number of esters is 3. The number of hydrogen-bond donors (Lipinski definition) is 0. The number of hydrogen-bond acceptors (Lipinski definition) is 7.